The first-order valence-corrected chi connectivity index (χ1v) is 11.8. The van der Waals surface area contributed by atoms with Gasteiger partial charge in [-0.05, 0) is 67.6 Å². The van der Waals surface area contributed by atoms with Crippen LogP contribution in [0.5, 0.6) is 0 Å². The SMILES string of the molecule is CC(C)(C)OC(=O)NCc1ccccc1-c1ccccc1C(=O)NCCc1ccc(Cl)cc1Cl. The molecule has 2 amide bonds. The van der Waals surface area contributed by atoms with Crippen molar-refractivity contribution in [1.29, 1.82) is 0 Å². The van der Waals surface area contributed by atoms with Gasteiger partial charge in [-0.25, -0.2) is 4.79 Å². The van der Waals surface area contributed by atoms with Crippen molar-refractivity contribution in [3.63, 3.8) is 0 Å². The van der Waals surface area contributed by atoms with Crippen molar-refractivity contribution < 1.29 is 14.3 Å². The molecule has 0 aliphatic heterocycles. The molecule has 0 heterocycles. The predicted molar refractivity (Wildman–Crippen MR) is 137 cm³/mol. The van der Waals surface area contributed by atoms with Gasteiger partial charge in [-0.1, -0.05) is 71.7 Å². The Morgan fingerprint density at radius 2 is 1.53 bits per heavy atom. The summed E-state index contributed by atoms with van der Waals surface area (Å²) in [4.78, 5) is 25.2. The molecule has 2 N–H and O–H groups in total. The molecule has 0 bridgehead atoms. The van der Waals surface area contributed by atoms with E-state index in [1.165, 1.54) is 0 Å². The van der Waals surface area contributed by atoms with E-state index in [-0.39, 0.29) is 12.5 Å². The fourth-order valence-corrected chi connectivity index (χ4v) is 3.97. The van der Waals surface area contributed by atoms with Crippen LogP contribution in [0.1, 0.15) is 42.3 Å². The molecule has 0 aromatic heterocycles. The second-order valence-corrected chi connectivity index (χ2v) is 9.64. The molecule has 0 radical (unpaired) electrons. The lowest BCUT2D eigenvalue weighted by Crippen LogP contribution is -2.32. The van der Waals surface area contributed by atoms with Gasteiger partial charge < -0.3 is 15.4 Å². The van der Waals surface area contributed by atoms with Crippen molar-refractivity contribution in [3.05, 3.63) is 93.5 Å². The summed E-state index contributed by atoms with van der Waals surface area (Å²) in [5.74, 6) is -0.185. The number of hydrogen-bond acceptors (Lipinski definition) is 3. The fraction of sp³-hybridized carbons (Fsp3) is 0.259. The molecule has 7 heteroatoms. The topological polar surface area (TPSA) is 67.4 Å². The van der Waals surface area contributed by atoms with Crippen molar-refractivity contribution in [2.45, 2.75) is 39.3 Å². The predicted octanol–water partition coefficient (Wildman–Crippen LogP) is 6.66. The third-order valence-corrected chi connectivity index (χ3v) is 5.58. The Bertz CT molecular complexity index is 1170. The average Bonchev–Trinajstić information content (AvgIpc) is 2.78. The van der Waals surface area contributed by atoms with Gasteiger partial charge in [0.05, 0.1) is 0 Å². The van der Waals surface area contributed by atoms with Crippen molar-refractivity contribution in [2.75, 3.05) is 6.54 Å². The van der Waals surface area contributed by atoms with Crippen LogP contribution in [0.4, 0.5) is 4.79 Å². The lowest BCUT2D eigenvalue weighted by atomic mass is 9.95. The Balaban J connectivity index is 1.73. The highest BCUT2D eigenvalue weighted by Gasteiger charge is 2.18. The van der Waals surface area contributed by atoms with Gasteiger partial charge in [0.2, 0.25) is 0 Å². The summed E-state index contributed by atoms with van der Waals surface area (Å²) in [5, 5.41) is 6.92. The van der Waals surface area contributed by atoms with Crippen LogP contribution in [0.15, 0.2) is 66.7 Å². The Morgan fingerprint density at radius 3 is 2.24 bits per heavy atom. The molecule has 0 atom stereocenters. The van der Waals surface area contributed by atoms with Gasteiger partial charge in [-0.15, -0.1) is 0 Å². The van der Waals surface area contributed by atoms with E-state index in [1.54, 1.807) is 18.2 Å². The second-order valence-electron chi connectivity index (χ2n) is 8.80. The highest BCUT2D eigenvalue weighted by molar-refractivity contribution is 6.35. The quantitative estimate of drug-likeness (QED) is 0.382. The summed E-state index contributed by atoms with van der Waals surface area (Å²) in [6.07, 6.45) is 0.0921. The van der Waals surface area contributed by atoms with Gasteiger partial charge in [-0.2, -0.15) is 0 Å². The van der Waals surface area contributed by atoms with Crippen LogP contribution < -0.4 is 10.6 Å². The zero-order chi connectivity index (χ0) is 24.7. The largest absolute Gasteiger partial charge is 0.444 e. The molecule has 5 nitrogen and oxygen atoms in total. The highest BCUT2D eigenvalue weighted by Crippen LogP contribution is 2.27. The number of ether oxygens (including phenoxy) is 1. The summed E-state index contributed by atoms with van der Waals surface area (Å²) in [6, 6.07) is 20.4. The standard InChI is InChI=1S/C27H28Cl2N2O3/c1-27(2,3)34-26(33)31-17-19-8-4-5-9-21(19)22-10-6-7-11-23(22)25(32)30-15-14-18-12-13-20(28)16-24(18)29/h4-13,16H,14-15,17H2,1-3H3,(H,30,32)(H,31,33). The average molecular weight is 499 g/mol. The molecule has 0 saturated carbocycles. The number of rotatable bonds is 7. The Kier molecular flexibility index (Phi) is 8.59. The number of benzene rings is 3. The van der Waals surface area contributed by atoms with Gasteiger partial charge in [0.25, 0.3) is 5.91 Å². The van der Waals surface area contributed by atoms with E-state index in [0.29, 0.717) is 28.6 Å². The van der Waals surface area contributed by atoms with Crippen molar-refractivity contribution >= 4 is 35.2 Å². The Hall–Kier alpha value is -3.02. The maximum absolute atomic E-state index is 13.0. The maximum Gasteiger partial charge on any atom is 0.407 e. The van der Waals surface area contributed by atoms with Crippen LogP contribution in [0, 0.1) is 0 Å². The van der Waals surface area contributed by atoms with E-state index in [9.17, 15) is 9.59 Å². The maximum atomic E-state index is 13.0. The van der Waals surface area contributed by atoms with Crippen LogP contribution >= 0.6 is 23.2 Å². The van der Waals surface area contributed by atoms with E-state index in [4.69, 9.17) is 27.9 Å². The smallest absolute Gasteiger partial charge is 0.407 e. The van der Waals surface area contributed by atoms with Gasteiger partial charge in [0.1, 0.15) is 5.60 Å². The monoisotopic (exact) mass is 498 g/mol. The summed E-state index contributed by atoms with van der Waals surface area (Å²) < 4.78 is 5.33. The number of alkyl carbamates (subject to hydrolysis) is 1. The fourth-order valence-electron chi connectivity index (χ4n) is 3.47. The summed E-state index contributed by atoms with van der Waals surface area (Å²) >= 11 is 12.2. The molecule has 178 valence electrons. The number of amides is 2. The molecule has 3 aromatic rings. The third kappa shape index (κ3) is 7.24. The number of hydrogen-bond donors (Lipinski definition) is 2. The van der Waals surface area contributed by atoms with Crippen molar-refractivity contribution in [2.24, 2.45) is 0 Å². The van der Waals surface area contributed by atoms with Crippen LogP contribution in [-0.4, -0.2) is 24.1 Å². The van der Waals surface area contributed by atoms with Crippen LogP contribution in [0.2, 0.25) is 10.0 Å². The first kappa shape index (κ1) is 25.6. The van der Waals surface area contributed by atoms with Crippen LogP contribution in [-0.2, 0) is 17.7 Å². The minimum absolute atomic E-state index is 0.185. The summed E-state index contributed by atoms with van der Waals surface area (Å²) in [7, 11) is 0. The van der Waals surface area contributed by atoms with Crippen LogP contribution in [0.3, 0.4) is 0 Å². The Labute approximate surface area is 210 Å². The molecular weight excluding hydrogens is 471 g/mol. The second kappa shape index (κ2) is 11.4. The van der Waals surface area contributed by atoms with Gasteiger partial charge in [0, 0.05) is 28.7 Å². The van der Waals surface area contributed by atoms with E-state index < -0.39 is 11.7 Å². The summed E-state index contributed by atoms with van der Waals surface area (Å²) in [5.41, 5.74) is 3.41. The Morgan fingerprint density at radius 1 is 0.853 bits per heavy atom. The van der Waals surface area contributed by atoms with Crippen molar-refractivity contribution in [1.82, 2.24) is 10.6 Å². The molecule has 0 unspecified atom stereocenters. The first-order chi connectivity index (χ1) is 16.1. The van der Waals surface area contributed by atoms with Crippen molar-refractivity contribution in [3.8, 4) is 11.1 Å². The summed E-state index contributed by atoms with van der Waals surface area (Å²) in [6.45, 7) is 6.15. The molecule has 0 aliphatic rings. The minimum Gasteiger partial charge on any atom is -0.444 e. The number of carbonyl (C=O) groups is 2. The van der Waals surface area contributed by atoms with Gasteiger partial charge in [0.15, 0.2) is 0 Å². The van der Waals surface area contributed by atoms with Crippen LogP contribution in [0.25, 0.3) is 11.1 Å². The molecule has 0 fully saturated rings. The molecule has 0 spiro atoms. The minimum atomic E-state index is -0.579. The lowest BCUT2D eigenvalue weighted by molar-refractivity contribution is 0.0523. The van der Waals surface area contributed by atoms with Gasteiger partial charge >= 0.3 is 6.09 Å². The highest BCUT2D eigenvalue weighted by atomic mass is 35.5. The third-order valence-electron chi connectivity index (χ3n) is 5.00. The number of carbonyl (C=O) groups excluding carboxylic acids is 2. The zero-order valence-electron chi connectivity index (χ0n) is 19.5. The molecule has 0 saturated heterocycles. The number of nitrogens with one attached hydrogen (secondary N) is 2. The first-order valence-electron chi connectivity index (χ1n) is 11.0. The van der Waals surface area contributed by atoms with E-state index in [2.05, 4.69) is 10.6 Å². The lowest BCUT2D eigenvalue weighted by Gasteiger charge is -2.20. The number of halogens is 2. The van der Waals surface area contributed by atoms with E-state index >= 15 is 0 Å². The molecule has 34 heavy (non-hydrogen) atoms. The molecular formula is C27H28Cl2N2O3. The molecule has 3 rings (SSSR count). The zero-order valence-corrected chi connectivity index (χ0v) is 21.0. The van der Waals surface area contributed by atoms with Gasteiger partial charge in [-0.3, -0.25) is 4.79 Å². The van der Waals surface area contributed by atoms with E-state index in [1.807, 2.05) is 69.3 Å². The molecule has 0 aliphatic carbocycles. The molecule has 3 aromatic carbocycles. The van der Waals surface area contributed by atoms with E-state index in [0.717, 1.165) is 22.3 Å². The normalized spacial score (nSPS) is 11.1.